The van der Waals surface area contributed by atoms with Crippen molar-refractivity contribution < 1.29 is 9.59 Å². The van der Waals surface area contributed by atoms with Crippen molar-refractivity contribution in [2.75, 3.05) is 18.8 Å². The number of hydrogen-bond acceptors (Lipinski definition) is 4. The molecule has 0 unspecified atom stereocenters. The van der Waals surface area contributed by atoms with E-state index in [1.165, 1.54) is 11.3 Å². The third-order valence-electron chi connectivity index (χ3n) is 4.81. The number of piperidine rings is 1. The summed E-state index contributed by atoms with van der Waals surface area (Å²) in [5, 5.41) is 3.09. The Morgan fingerprint density at radius 1 is 1.19 bits per heavy atom. The van der Waals surface area contributed by atoms with Crippen LogP contribution in [0.15, 0.2) is 36.4 Å². The second-order valence-electron chi connectivity index (χ2n) is 6.74. The van der Waals surface area contributed by atoms with Crippen molar-refractivity contribution in [1.29, 1.82) is 0 Å². The molecule has 0 aliphatic carbocycles. The van der Waals surface area contributed by atoms with Crippen LogP contribution in [-0.4, -0.2) is 35.8 Å². The number of benzene rings is 1. The van der Waals surface area contributed by atoms with E-state index in [2.05, 4.69) is 5.32 Å². The molecule has 2 amide bonds. The number of anilines is 1. The van der Waals surface area contributed by atoms with Gasteiger partial charge in [-0.2, -0.15) is 0 Å². The maximum Gasteiger partial charge on any atom is 0.261 e. The minimum atomic E-state index is -0.00701. The van der Waals surface area contributed by atoms with E-state index in [4.69, 9.17) is 5.73 Å². The molecule has 0 saturated carbocycles. The maximum absolute atomic E-state index is 12.4. The Kier molecular flexibility index (Phi) is 5.93. The number of nitrogens with two attached hydrogens (primary N) is 1. The lowest BCUT2D eigenvalue weighted by atomic mass is 10.0. The SMILES string of the molecule is Cc1ccc(C(=O)NC2CCN(C(=O)CCc3ccccc3N)CC2)s1. The van der Waals surface area contributed by atoms with Gasteiger partial charge in [0.15, 0.2) is 0 Å². The first-order valence-electron chi connectivity index (χ1n) is 9.01. The normalized spacial score (nSPS) is 15.0. The van der Waals surface area contributed by atoms with Gasteiger partial charge < -0.3 is 16.0 Å². The number of amides is 2. The summed E-state index contributed by atoms with van der Waals surface area (Å²) in [6.07, 6.45) is 2.74. The lowest BCUT2D eigenvalue weighted by Crippen LogP contribution is -2.46. The molecule has 0 radical (unpaired) electrons. The predicted molar refractivity (Wildman–Crippen MR) is 105 cm³/mol. The van der Waals surface area contributed by atoms with Gasteiger partial charge in [-0.1, -0.05) is 18.2 Å². The monoisotopic (exact) mass is 371 g/mol. The minimum absolute atomic E-state index is 0.00701. The van der Waals surface area contributed by atoms with Gasteiger partial charge in [0, 0.05) is 36.1 Å². The number of nitrogens with zero attached hydrogens (tertiary/aromatic N) is 1. The average Bonchev–Trinajstić information content (AvgIpc) is 3.08. The van der Waals surface area contributed by atoms with E-state index in [0.29, 0.717) is 25.9 Å². The molecule has 1 aliphatic heterocycles. The van der Waals surface area contributed by atoms with Gasteiger partial charge in [-0.3, -0.25) is 9.59 Å². The third kappa shape index (κ3) is 4.64. The molecule has 3 N–H and O–H groups in total. The lowest BCUT2D eigenvalue weighted by Gasteiger charge is -2.32. The molecule has 5 nitrogen and oxygen atoms in total. The van der Waals surface area contributed by atoms with E-state index in [1.807, 2.05) is 48.2 Å². The standard InChI is InChI=1S/C20H25N3O2S/c1-14-6-8-18(26-14)20(25)22-16-10-12-23(13-11-16)19(24)9-7-15-4-2-3-5-17(15)21/h2-6,8,16H,7,9-13,21H2,1H3,(H,22,25). The summed E-state index contributed by atoms with van der Waals surface area (Å²) in [6.45, 7) is 3.38. The summed E-state index contributed by atoms with van der Waals surface area (Å²) in [5.41, 5.74) is 7.70. The molecule has 0 bridgehead atoms. The number of carbonyl (C=O) groups excluding carboxylic acids is 2. The van der Waals surface area contributed by atoms with Crippen LogP contribution in [0, 0.1) is 6.92 Å². The van der Waals surface area contributed by atoms with E-state index in [-0.39, 0.29) is 17.9 Å². The van der Waals surface area contributed by atoms with Gasteiger partial charge in [-0.05, 0) is 49.9 Å². The van der Waals surface area contributed by atoms with Crippen molar-refractivity contribution in [3.05, 3.63) is 51.7 Å². The summed E-state index contributed by atoms with van der Waals surface area (Å²) in [4.78, 5) is 28.5. The number of aryl methyl sites for hydroxylation is 2. The summed E-state index contributed by atoms with van der Waals surface area (Å²) in [6, 6.07) is 11.6. The van der Waals surface area contributed by atoms with Crippen molar-refractivity contribution in [2.45, 2.75) is 38.6 Å². The fourth-order valence-electron chi connectivity index (χ4n) is 3.25. The Morgan fingerprint density at radius 3 is 2.58 bits per heavy atom. The highest BCUT2D eigenvalue weighted by Gasteiger charge is 2.24. The van der Waals surface area contributed by atoms with Crippen LogP contribution in [0.3, 0.4) is 0 Å². The van der Waals surface area contributed by atoms with Crippen LogP contribution >= 0.6 is 11.3 Å². The largest absolute Gasteiger partial charge is 0.399 e. The van der Waals surface area contributed by atoms with Gasteiger partial charge >= 0.3 is 0 Å². The lowest BCUT2D eigenvalue weighted by molar-refractivity contribution is -0.132. The zero-order valence-corrected chi connectivity index (χ0v) is 15.8. The van der Waals surface area contributed by atoms with E-state index in [1.54, 1.807) is 0 Å². The van der Waals surface area contributed by atoms with Crippen molar-refractivity contribution in [1.82, 2.24) is 10.2 Å². The predicted octanol–water partition coefficient (Wildman–Crippen LogP) is 2.99. The fourth-order valence-corrected chi connectivity index (χ4v) is 4.02. The third-order valence-corrected chi connectivity index (χ3v) is 5.81. The van der Waals surface area contributed by atoms with Gasteiger partial charge in [0.05, 0.1) is 4.88 Å². The number of nitrogen functional groups attached to an aromatic ring is 1. The van der Waals surface area contributed by atoms with Crippen LogP contribution in [0.2, 0.25) is 0 Å². The Balaban J connectivity index is 1.43. The summed E-state index contributed by atoms with van der Waals surface area (Å²) >= 11 is 1.51. The summed E-state index contributed by atoms with van der Waals surface area (Å²) in [5.74, 6) is 0.152. The first-order chi connectivity index (χ1) is 12.5. The molecule has 3 rings (SSSR count). The topological polar surface area (TPSA) is 75.4 Å². The molecule has 1 aromatic carbocycles. The van der Waals surface area contributed by atoms with E-state index in [9.17, 15) is 9.59 Å². The maximum atomic E-state index is 12.4. The van der Waals surface area contributed by atoms with Crippen molar-refractivity contribution in [2.24, 2.45) is 0 Å². The van der Waals surface area contributed by atoms with Gasteiger partial charge in [-0.15, -0.1) is 11.3 Å². The van der Waals surface area contributed by atoms with Crippen molar-refractivity contribution in [3.8, 4) is 0 Å². The Bertz CT molecular complexity index is 779. The zero-order chi connectivity index (χ0) is 18.5. The van der Waals surface area contributed by atoms with Gasteiger partial charge in [0.1, 0.15) is 0 Å². The quantitative estimate of drug-likeness (QED) is 0.794. The molecule has 2 aromatic rings. The molecular weight excluding hydrogens is 346 g/mol. The molecule has 6 heteroatoms. The number of rotatable bonds is 5. The van der Waals surface area contributed by atoms with Gasteiger partial charge in [-0.25, -0.2) is 0 Å². The van der Waals surface area contributed by atoms with Gasteiger partial charge in [0.25, 0.3) is 5.91 Å². The number of carbonyl (C=O) groups is 2. The van der Waals surface area contributed by atoms with Crippen LogP contribution in [0.5, 0.6) is 0 Å². The summed E-state index contributed by atoms with van der Waals surface area (Å²) < 4.78 is 0. The number of likely N-dealkylation sites (tertiary alicyclic amines) is 1. The molecule has 1 aliphatic rings. The van der Waals surface area contributed by atoms with Crippen LogP contribution < -0.4 is 11.1 Å². The van der Waals surface area contributed by atoms with E-state index in [0.717, 1.165) is 33.8 Å². The van der Waals surface area contributed by atoms with Gasteiger partial charge in [0.2, 0.25) is 5.91 Å². The van der Waals surface area contributed by atoms with Crippen LogP contribution in [0.1, 0.15) is 39.4 Å². The molecule has 0 spiro atoms. The number of hydrogen-bond donors (Lipinski definition) is 2. The highest BCUT2D eigenvalue weighted by Crippen LogP contribution is 2.18. The highest BCUT2D eigenvalue weighted by atomic mass is 32.1. The first-order valence-corrected chi connectivity index (χ1v) is 9.83. The smallest absolute Gasteiger partial charge is 0.261 e. The van der Waals surface area contributed by atoms with Crippen molar-refractivity contribution >= 4 is 28.8 Å². The second-order valence-corrected chi connectivity index (χ2v) is 8.03. The molecule has 138 valence electrons. The number of thiophene rings is 1. The Morgan fingerprint density at radius 2 is 1.92 bits per heavy atom. The fraction of sp³-hybridized carbons (Fsp3) is 0.400. The molecule has 1 fully saturated rings. The molecular formula is C20H25N3O2S. The van der Waals surface area contributed by atoms with Crippen LogP contribution in [0.4, 0.5) is 5.69 Å². The number of nitrogens with one attached hydrogen (secondary N) is 1. The van der Waals surface area contributed by atoms with Crippen LogP contribution in [-0.2, 0) is 11.2 Å². The molecule has 1 aromatic heterocycles. The molecule has 1 saturated heterocycles. The molecule has 2 heterocycles. The second kappa shape index (κ2) is 8.36. The zero-order valence-electron chi connectivity index (χ0n) is 15.0. The molecule has 0 atom stereocenters. The minimum Gasteiger partial charge on any atom is -0.399 e. The Labute approximate surface area is 158 Å². The number of para-hydroxylation sites is 1. The van der Waals surface area contributed by atoms with Crippen LogP contribution in [0.25, 0.3) is 0 Å². The van der Waals surface area contributed by atoms with Crippen molar-refractivity contribution in [3.63, 3.8) is 0 Å². The molecule has 26 heavy (non-hydrogen) atoms. The highest BCUT2D eigenvalue weighted by molar-refractivity contribution is 7.13. The summed E-state index contributed by atoms with van der Waals surface area (Å²) in [7, 11) is 0. The average molecular weight is 372 g/mol. The Hall–Kier alpha value is -2.34. The van der Waals surface area contributed by atoms with E-state index < -0.39 is 0 Å². The first kappa shape index (κ1) is 18.5. The van der Waals surface area contributed by atoms with E-state index >= 15 is 0 Å².